The molecule has 0 aromatic heterocycles. The Morgan fingerprint density at radius 2 is 1.81 bits per heavy atom. The quantitative estimate of drug-likeness (QED) is 0.801. The van der Waals surface area contributed by atoms with Crippen molar-refractivity contribution in [3.63, 3.8) is 0 Å². The third-order valence-electron chi connectivity index (χ3n) is 1.80. The molecule has 0 saturated carbocycles. The maximum atomic E-state index is 11.1. The molecular formula is C10H14O5S. The normalized spacial score (nSPS) is 11.2. The molecule has 0 heterocycles. The SMILES string of the molecule is CCOc1ccc(OCC)c(S(=O)(=O)O)c1. The van der Waals surface area contributed by atoms with E-state index in [1.165, 1.54) is 12.1 Å². The minimum atomic E-state index is -4.30. The molecule has 5 nitrogen and oxygen atoms in total. The van der Waals surface area contributed by atoms with E-state index in [2.05, 4.69) is 0 Å². The van der Waals surface area contributed by atoms with Crippen LogP contribution in [-0.4, -0.2) is 26.2 Å². The highest BCUT2D eigenvalue weighted by Gasteiger charge is 2.17. The molecule has 1 aromatic carbocycles. The topological polar surface area (TPSA) is 72.8 Å². The monoisotopic (exact) mass is 246 g/mol. The van der Waals surface area contributed by atoms with Crippen molar-refractivity contribution in [3.05, 3.63) is 18.2 Å². The number of benzene rings is 1. The Bertz CT molecular complexity index is 452. The first-order valence-corrected chi connectivity index (χ1v) is 6.30. The molecule has 1 aromatic rings. The van der Waals surface area contributed by atoms with Gasteiger partial charge in [-0.1, -0.05) is 0 Å². The van der Waals surface area contributed by atoms with Crippen molar-refractivity contribution in [3.8, 4) is 11.5 Å². The lowest BCUT2D eigenvalue weighted by Crippen LogP contribution is -2.04. The van der Waals surface area contributed by atoms with Crippen LogP contribution in [0.5, 0.6) is 11.5 Å². The van der Waals surface area contributed by atoms with Gasteiger partial charge >= 0.3 is 0 Å². The molecule has 90 valence electrons. The zero-order chi connectivity index (χ0) is 12.2. The predicted molar refractivity (Wildman–Crippen MR) is 58.6 cm³/mol. The maximum absolute atomic E-state index is 11.1. The van der Waals surface area contributed by atoms with Gasteiger partial charge in [-0.15, -0.1) is 0 Å². The fraction of sp³-hybridized carbons (Fsp3) is 0.400. The lowest BCUT2D eigenvalue weighted by molar-refractivity contribution is 0.320. The van der Waals surface area contributed by atoms with E-state index in [0.29, 0.717) is 19.0 Å². The summed E-state index contributed by atoms with van der Waals surface area (Å²) in [6.45, 7) is 4.24. The van der Waals surface area contributed by atoms with E-state index in [0.717, 1.165) is 0 Å². The summed E-state index contributed by atoms with van der Waals surface area (Å²) in [7, 11) is -4.30. The summed E-state index contributed by atoms with van der Waals surface area (Å²) >= 11 is 0. The standard InChI is InChI=1S/C10H14O5S/c1-3-14-8-5-6-9(15-4-2)10(7-8)16(11,12)13/h5-7H,3-4H2,1-2H3,(H,11,12,13). The van der Waals surface area contributed by atoms with E-state index in [4.69, 9.17) is 14.0 Å². The van der Waals surface area contributed by atoms with Gasteiger partial charge in [-0.3, -0.25) is 4.55 Å². The van der Waals surface area contributed by atoms with Crippen LogP contribution in [0.1, 0.15) is 13.8 Å². The summed E-state index contributed by atoms with van der Waals surface area (Å²) < 4.78 is 41.5. The fourth-order valence-electron chi connectivity index (χ4n) is 1.22. The Morgan fingerprint density at radius 3 is 2.31 bits per heavy atom. The number of hydrogen-bond acceptors (Lipinski definition) is 4. The smallest absolute Gasteiger partial charge is 0.298 e. The van der Waals surface area contributed by atoms with E-state index in [1.54, 1.807) is 19.9 Å². The summed E-state index contributed by atoms with van der Waals surface area (Å²) in [5.41, 5.74) is 0. The summed E-state index contributed by atoms with van der Waals surface area (Å²) in [4.78, 5) is -0.277. The molecule has 0 unspecified atom stereocenters. The predicted octanol–water partition coefficient (Wildman–Crippen LogP) is 1.73. The minimum Gasteiger partial charge on any atom is -0.494 e. The van der Waals surface area contributed by atoms with Gasteiger partial charge in [0.1, 0.15) is 16.4 Å². The van der Waals surface area contributed by atoms with Crippen molar-refractivity contribution in [1.82, 2.24) is 0 Å². The van der Waals surface area contributed by atoms with Gasteiger partial charge in [0.05, 0.1) is 13.2 Å². The first kappa shape index (κ1) is 12.8. The molecule has 6 heteroatoms. The van der Waals surface area contributed by atoms with Crippen molar-refractivity contribution in [1.29, 1.82) is 0 Å². The van der Waals surface area contributed by atoms with Gasteiger partial charge in [-0.2, -0.15) is 8.42 Å². The van der Waals surface area contributed by atoms with Crippen molar-refractivity contribution in [2.24, 2.45) is 0 Å². The van der Waals surface area contributed by atoms with Crippen molar-refractivity contribution in [2.75, 3.05) is 13.2 Å². The summed E-state index contributed by atoms with van der Waals surface area (Å²) in [5.74, 6) is 0.493. The van der Waals surface area contributed by atoms with Gasteiger partial charge in [0, 0.05) is 6.07 Å². The Morgan fingerprint density at radius 1 is 1.19 bits per heavy atom. The van der Waals surface area contributed by atoms with Gasteiger partial charge in [0.2, 0.25) is 0 Å². The Hall–Kier alpha value is -1.27. The summed E-state index contributed by atoms with van der Waals surface area (Å²) in [5, 5.41) is 0. The Labute approximate surface area is 94.7 Å². The van der Waals surface area contributed by atoms with E-state index < -0.39 is 10.1 Å². The summed E-state index contributed by atoms with van der Waals surface area (Å²) in [6.07, 6.45) is 0. The van der Waals surface area contributed by atoms with E-state index in [-0.39, 0.29) is 10.6 Å². The third-order valence-corrected chi connectivity index (χ3v) is 2.68. The molecule has 0 aliphatic carbocycles. The van der Waals surface area contributed by atoms with Crippen LogP contribution in [-0.2, 0) is 10.1 Å². The molecule has 0 aliphatic heterocycles. The van der Waals surface area contributed by atoms with Gasteiger partial charge in [0.25, 0.3) is 10.1 Å². The van der Waals surface area contributed by atoms with Gasteiger partial charge in [0.15, 0.2) is 0 Å². The fourth-order valence-corrected chi connectivity index (χ4v) is 1.87. The Kier molecular flexibility index (Phi) is 4.14. The van der Waals surface area contributed by atoms with Crippen LogP contribution in [0.2, 0.25) is 0 Å². The molecule has 0 spiro atoms. The molecule has 0 aliphatic rings. The van der Waals surface area contributed by atoms with Crippen LogP contribution in [0.15, 0.2) is 23.1 Å². The average molecular weight is 246 g/mol. The first-order chi connectivity index (χ1) is 7.49. The van der Waals surface area contributed by atoms with Crippen molar-refractivity contribution >= 4 is 10.1 Å². The summed E-state index contributed by atoms with van der Waals surface area (Å²) in [6, 6.07) is 4.28. The van der Waals surface area contributed by atoms with Gasteiger partial charge in [-0.05, 0) is 26.0 Å². The first-order valence-electron chi connectivity index (χ1n) is 4.86. The van der Waals surface area contributed by atoms with Crippen LogP contribution in [0.3, 0.4) is 0 Å². The van der Waals surface area contributed by atoms with Crippen LogP contribution in [0.4, 0.5) is 0 Å². The third kappa shape index (κ3) is 3.11. The van der Waals surface area contributed by atoms with Crippen LogP contribution >= 0.6 is 0 Å². The molecule has 1 rings (SSSR count). The highest BCUT2D eigenvalue weighted by atomic mass is 32.2. The van der Waals surface area contributed by atoms with Crippen LogP contribution in [0, 0.1) is 0 Å². The van der Waals surface area contributed by atoms with E-state index in [9.17, 15) is 8.42 Å². The lowest BCUT2D eigenvalue weighted by Gasteiger charge is -2.10. The number of hydrogen-bond donors (Lipinski definition) is 1. The molecule has 16 heavy (non-hydrogen) atoms. The molecule has 0 fully saturated rings. The average Bonchev–Trinajstić information content (AvgIpc) is 2.19. The van der Waals surface area contributed by atoms with E-state index >= 15 is 0 Å². The van der Waals surface area contributed by atoms with Crippen LogP contribution in [0.25, 0.3) is 0 Å². The highest BCUT2D eigenvalue weighted by Crippen LogP contribution is 2.28. The molecule has 0 amide bonds. The van der Waals surface area contributed by atoms with Crippen LogP contribution < -0.4 is 9.47 Å². The van der Waals surface area contributed by atoms with Gasteiger partial charge < -0.3 is 9.47 Å². The van der Waals surface area contributed by atoms with Gasteiger partial charge in [-0.25, -0.2) is 0 Å². The highest BCUT2D eigenvalue weighted by molar-refractivity contribution is 7.86. The maximum Gasteiger partial charge on any atom is 0.298 e. The molecule has 0 radical (unpaired) electrons. The zero-order valence-corrected chi connectivity index (χ0v) is 9.95. The second-order valence-corrected chi connectivity index (χ2v) is 4.34. The second kappa shape index (κ2) is 5.18. The largest absolute Gasteiger partial charge is 0.494 e. The van der Waals surface area contributed by atoms with Crippen molar-refractivity contribution in [2.45, 2.75) is 18.7 Å². The zero-order valence-electron chi connectivity index (χ0n) is 9.13. The molecule has 0 saturated heterocycles. The Balaban J connectivity index is 3.21. The molecular weight excluding hydrogens is 232 g/mol. The second-order valence-electron chi connectivity index (χ2n) is 2.95. The molecule has 1 N–H and O–H groups in total. The van der Waals surface area contributed by atoms with E-state index in [1.807, 2.05) is 0 Å². The number of rotatable bonds is 5. The van der Waals surface area contributed by atoms with Crippen molar-refractivity contribution < 1.29 is 22.4 Å². The number of ether oxygens (including phenoxy) is 2. The molecule has 0 atom stereocenters. The lowest BCUT2D eigenvalue weighted by atomic mass is 10.3. The minimum absolute atomic E-state index is 0.119. The molecule has 0 bridgehead atoms.